The van der Waals surface area contributed by atoms with E-state index in [9.17, 15) is 0 Å². The largest absolute Gasteiger partial charge is 0.494 e. The van der Waals surface area contributed by atoms with E-state index >= 15 is 0 Å². The normalized spacial score (nSPS) is 10.7. The molecule has 1 heterocycles. The molecule has 0 aliphatic heterocycles. The van der Waals surface area contributed by atoms with Crippen molar-refractivity contribution in [2.45, 2.75) is 52.6 Å². The molecule has 3 nitrogen and oxygen atoms in total. The quantitative estimate of drug-likeness (QED) is 0.649. The summed E-state index contributed by atoms with van der Waals surface area (Å²) >= 11 is 0. The van der Waals surface area contributed by atoms with Gasteiger partial charge >= 0.3 is 0 Å². The van der Waals surface area contributed by atoms with Gasteiger partial charge in [0.1, 0.15) is 5.75 Å². The lowest BCUT2D eigenvalue weighted by Gasteiger charge is -2.08. The van der Waals surface area contributed by atoms with Crippen molar-refractivity contribution in [3.63, 3.8) is 0 Å². The van der Waals surface area contributed by atoms with Crippen molar-refractivity contribution < 1.29 is 4.74 Å². The Bertz CT molecular complexity index is 566. The number of unbranched alkanes of at least 4 members (excludes halogenated alkanes) is 3. The number of benzene rings is 1. The highest BCUT2D eigenvalue weighted by atomic mass is 16.5. The van der Waals surface area contributed by atoms with Crippen molar-refractivity contribution in [1.82, 2.24) is 10.3 Å². The Morgan fingerprint density at radius 3 is 2.52 bits per heavy atom. The highest BCUT2D eigenvalue weighted by molar-refractivity contribution is 5.27. The van der Waals surface area contributed by atoms with Gasteiger partial charge in [-0.3, -0.25) is 4.98 Å². The fourth-order valence-corrected chi connectivity index (χ4v) is 2.46. The molecule has 23 heavy (non-hydrogen) atoms. The summed E-state index contributed by atoms with van der Waals surface area (Å²) < 4.78 is 5.76. The van der Waals surface area contributed by atoms with Crippen LogP contribution in [0.5, 0.6) is 5.75 Å². The molecule has 124 valence electrons. The number of rotatable bonds is 10. The zero-order chi connectivity index (χ0) is 16.3. The lowest BCUT2D eigenvalue weighted by Crippen LogP contribution is -2.13. The van der Waals surface area contributed by atoms with Gasteiger partial charge in [-0.1, -0.05) is 44.4 Å². The van der Waals surface area contributed by atoms with E-state index in [4.69, 9.17) is 4.74 Å². The number of nitrogens with one attached hydrogen (secondary N) is 1. The van der Waals surface area contributed by atoms with Crippen molar-refractivity contribution >= 4 is 0 Å². The molecule has 1 aromatic heterocycles. The summed E-state index contributed by atoms with van der Waals surface area (Å²) in [5.41, 5.74) is 3.40. The summed E-state index contributed by atoms with van der Waals surface area (Å²) in [4.78, 5) is 4.49. The molecule has 0 unspecified atom stereocenters. The van der Waals surface area contributed by atoms with Crippen molar-refractivity contribution in [3.8, 4) is 5.75 Å². The Kier molecular flexibility index (Phi) is 7.61. The Balaban J connectivity index is 1.68. The topological polar surface area (TPSA) is 34.1 Å². The third kappa shape index (κ3) is 6.83. The van der Waals surface area contributed by atoms with Gasteiger partial charge < -0.3 is 10.1 Å². The van der Waals surface area contributed by atoms with Gasteiger partial charge in [-0.25, -0.2) is 0 Å². The summed E-state index contributed by atoms with van der Waals surface area (Å²) in [5, 5.41) is 3.43. The third-order valence-corrected chi connectivity index (χ3v) is 3.77. The Labute approximate surface area is 140 Å². The fraction of sp³-hybridized carbons (Fsp3) is 0.450. The third-order valence-electron chi connectivity index (χ3n) is 3.77. The van der Waals surface area contributed by atoms with Gasteiger partial charge in [0, 0.05) is 18.8 Å². The van der Waals surface area contributed by atoms with Crippen LogP contribution in [-0.4, -0.2) is 11.6 Å². The Morgan fingerprint density at radius 2 is 1.78 bits per heavy atom. The molecule has 0 aliphatic carbocycles. The molecule has 0 bridgehead atoms. The molecule has 0 fully saturated rings. The van der Waals surface area contributed by atoms with Gasteiger partial charge in [-0.2, -0.15) is 0 Å². The van der Waals surface area contributed by atoms with E-state index in [1.807, 2.05) is 19.1 Å². The maximum atomic E-state index is 5.76. The van der Waals surface area contributed by atoms with Crippen LogP contribution >= 0.6 is 0 Å². The summed E-state index contributed by atoms with van der Waals surface area (Å²) in [7, 11) is 0. The van der Waals surface area contributed by atoms with E-state index in [0.29, 0.717) is 0 Å². The van der Waals surface area contributed by atoms with Gasteiger partial charge in [-0.15, -0.1) is 0 Å². The molecule has 1 N–H and O–H groups in total. The maximum absolute atomic E-state index is 5.76. The minimum atomic E-state index is 0.789. The second-order valence-corrected chi connectivity index (χ2v) is 5.93. The molecule has 2 rings (SSSR count). The lowest BCUT2D eigenvalue weighted by molar-refractivity contribution is 0.305. The van der Waals surface area contributed by atoms with Gasteiger partial charge in [0.2, 0.25) is 0 Å². The van der Waals surface area contributed by atoms with E-state index in [-0.39, 0.29) is 0 Å². The van der Waals surface area contributed by atoms with Gasteiger partial charge in [0.15, 0.2) is 0 Å². The predicted octanol–water partition coefficient (Wildman–Crippen LogP) is 4.64. The van der Waals surface area contributed by atoms with Crippen LogP contribution in [-0.2, 0) is 13.1 Å². The number of hydrogen-bond acceptors (Lipinski definition) is 3. The van der Waals surface area contributed by atoms with Crippen LogP contribution in [0.3, 0.4) is 0 Å². The van der Waals surface area contributed by atoms with Crippen molar-refractivity contribution in [2.24, 2.45) is 0 Å². The zero-order valence-corrected chi connectivity index (χ0v) is 14.3. The van der Waals surface area contributed by atoms with Crippen molar-refractivity contribution in [2.75, 3.05) is 6.61 Å². The molecular weight excluding hydrogens is 284 g/mol. The first-order chi connectivity index (χ1) is 11.3. The number of nitrogens with zero attached hydrogens (tertiary/aromatic N) is 1. The van der Waals surface area contributed by atoms with Crippen LogP contribution in [0.2, 0.25) is 0 Å². The molecule has 0 spiro atoms. The van der Waals surface area contributed by atoms with Crippen LogP contribution < -0.4 is 10.1 Å². The highest BCUT2D eigenvalue weighted by Gasteiger charge is 1.98. The SMILES string of the molecule is CCCCCCOc1ccc(CNCc2cccc(C)n2)cc1. The van der Waals surface area contributed by atoms with Gasteiger partial charge in [0.25, 0.3) is 0 Å². The highest BCUT2D eigenvalue weighted by Crippen LogP contribution is 2.13. The fourth-order valence-electron chi connectivity index (χ4n) is 2.46. The van der Waals surface area contributed by atoms with Crippen LogP contribution in [0.1, 0.15) is 49.6 Å². The minimum Gasteiger partial charge on any atom is -0.494 e. The molecular formula is C20H28N2O. The second-order valence-electron chi connectivity index (χ2n) is 5.93. The first kappa shape index (κ1) is 17.5. The predicted molar refractivity (Wildman–Crippen MR) is 95.6 cm³/mol. The van der Waals surface area contributed by atoms with E-state index in [1.54, 1.807) is 0 Å². The average Bonchev–Trinajstić information content (AvgIpc) is 2.56. The van der Waals surface area contributed by atoms with E-state index < -0.39 is 0 Å². The Morgan fingerprint density at radius 1 is 0.957 bits per heavy atom. The van der Waals surface area contributed by atoms with E-state index in [0.717, 1.165) is 43.3 Å². The standard InChI is InChI=1S/C20H28N2O/c1-3-4-5-6-14-23-20-12-10-18(11-13-20)15-21-16-19-9-7-8-17(2)22-19/h7-13,21H,3-6,14-16H2,1-2H3. The lowest BCUT2D eigenvalue weighted by atomic mass is 10.2. The first-order valence-corrected chi connectivity index (χ1v) is 8.63. The number of ether oxygens (including phenoxy) is 1. The number of pyridine rings is 1. The van der Waals surface area contributed by atoms with Gasteiger partial charge in [0.05, 0.1) is 12.3 Å². The molecule has 0 atom stereocenters. The number of aryl methyl sites for hydroxylation is 1. The number of aromatic nitrogens is 1. The summed E-state index contributed by atoms with van der Waals surface area (Å²) in [5.74, 6) is 0.964. The summed E-state index contributed by atoms with van der Waals surface area (Å²) in [6, 6.07) is 14.5. The molecule has 0 radical (unpaired) electrons. The molecule has 0 saturated heterocycles. The summed E-state index contributed by atoms with van der Waals surface area (Å²) in [6.07, 6.45) is 4.95. The second kappa shape index (κ2) is 10.0. The minimum absolute atomic E-state index is 0.789. The monoisotopic (exact) mass is 312 g/mol. The molecule has 2 aromatic rings. The molecule has 0 amide bonds. The maximum Gasteiger partial charge on any atom is 0.119 e. The van der Waals surface area contributed by atoms with Crippen LogP contribution in [0.15, 0.2) is 42.5 Å². The van der Waals surface area contributed by atoms with Crippen LogP contribution in [0, 0.1) is 6.92 Å². The Hall–Kier alpha value is -1.87. The van der Waals surface area contributed by atoms with Crippen molar-refractivity contribution in [1.29, 1.82) is 0 Å². The van der Waals surface area contributed by atoms with E-state index in [2.05, 4.69) is 47.6 Å². The van der Waals surface area contributed by atoms with Gasteiger partial charge in [-0.05, 0) is 43.2 Å². The molecule has 0 aliphatic rings. The first-order valence-electron chi connectivity index (χ1n) is 8.63. The molecule has 1 aromatic carbocycles. The number of hydrogen-bond donors (Lipinski definition) is 1. The average molecular weight is 312 g/mol. The van der Waals surface area contributed by atoms with E-state index in [1.165, 1.54) is 24.8 Å². The zero-order valence-electron chi connectivity index (χ0n) is 14.3. The molecule has 0 saturated carbocycles. The van der Waals surface area contributed by atoms with Crippen molar-refractivity contribution in [3.05, 3.63) is 59.4 Å². The summed E-state index contributed by atoms with van der Waals surface area (Å²) in [6.45, 7) is 6.69. The molecule has 3 heteroatoms. The van der Waals surface area contributed by atoms with Crippen LogP contribution in [0.25, 0.3) is 0 Å². The smallest absolute Gasteiger partial charge is 0.119 e. The van der Waals surface area contributed by atoms with Crippen LogP contribution in [0.4, 0.5) is 0 Å².